The number of amides is 2. The zero-order valence-corrected chi connectivity index (χ0v) is 12.2. The van der Waals surface area contributed by atoms with Gasteiger partial charge in [-0.1, -0.05) is 13.3 Å². The molecule has 110 valence electrons. The van der Waals surface area contributed by atoms with Crippen LogP contribution in [0.4, 0.5) is 0 Å². The molecule has 0 aromatic rings. The van der Waals surface area contributed by atoms with Crippen LogP contribution in [0.15, 0.2) is 0 Å². The molecule has 2 N–H and O–H groups in total. The molecule has 1 atom stereocenters. The first-order valence-electron chi connectivity index (χ1n) is 7.39. The van der Waals surface area contributed by atoms with Crippen molar-refractivity contribution in [1.82, 2.24) is 15.5 Å². The van der Waals surface area contributed by atoms with Crippen molar-refractivity contribution in [2.45, 2.75) is 51.5 Å². The van der Waals surface area contributed by atoms with Gasteiger partial charge in [-0.2, -0.15) is 0 Å². The van der Waals surface area contributed by atoms with Gasteiger partial charge >= 0.3 is 0 Å². The van der Waals surface area contributed by atoms with Crippen molar-refractivity contribution in [3.05, 3.63) is 0 Å². The van der Waals surface area contributed by atoms with Gasteiger partial charge in [-0.05, 0) is 32.2 Å². The number of carbonyl (C=O) groups excluding carboxylic acids is 2. The summed E-state index contributed by atoms with van der Waals surface area (Å²) in [6.07, 6.45) is 5.95. The second kappa shape index (κ2) is 8.91. The van der Waals surface area contributed by atoms with Crippen LogP contribution < -0.4 is 10.6 Å². The largest absolute Gasteiger partial charge is 0.358 e. The maximum absolute atomic E-state index is 12.1. The van der Waals surface area contributed by atoms with Gasteiger partial charge in [-0.25, -0.2) is 0 Å². The molecule has 0 bridgehead atoms. The van der Waals surface area contributed by atoms with Crippen molar-refractivity contribution >= 4 is 11.8 Å². The summed E-state index contributed by atoms with van der Waals surface area (Å²) in [5.74, 6) is -0.00425. The lowest BCUT2D eigenvalue weighted by Crippen LogP contribution is -2.41. The Morgan fingerprint density at radius 3 is 2.74 bits per heavy atom. The second-order valence-corrected chi connectivity index (χ2v) is 5.17. The molecule has 1 unspecified atom stereocenters. The highest BCUT2D eigenvalue weighted by Gasteiger charge is 2.18. The van der Waals surface area contributed by atoms with Crippen LogP contribution in [0.2, 0.25) is 0 Å². The molecule has 1 rings (SSSR count). The van der Waals surface area contributed by atoms with Crippen LogP contribution in [-0.4, -0.2) is 49.4 Å². The summed E-state index contributed by atoms with van der Waals surface area (Å²) in [6.45, 7) is 3.92. The van der Waals surface area contributed by atoms with E-state index in [-0.39, 0.29) is 18.4 Å². The maximum atomic E-state index is 12.1. The van der Waals surface area contributed by atoms with E-state index in [1.165, 1.54) is 12.8 Å². The van der Waals surface area contributed by atoms with Crippen LogP contribution >= 0.6 is 0 Å². The number of carbonyl (C=O) groups is 2. The molecular formula is C14H27N3O2. The van der Waals surface area contributed by atoms with Crippen molar-refractivity contribution in [3.63, 3.8) is 0 Å². The van der Waals surface area contributed by atoms with Crippen LogP contribution in [0, 0.1) is 0 Å². The Bertz CT molecular complexity index is 288. The van der Waals surface area contributed by atoms with E-state index in [9.17, 15) is 9.59 Å². The van der Waals surface area contributed by atoms with Crippen molar-refractivity contribution in [2.24, 2.45) is 0 Å². The minimum atomic E-state index is -0.0995. The zero-order valence-electron chi connectivity index (χ0n) is 12.2. The predicted molar refractivity (Wildman–Crippen MR) is 75.8 cm³/mol. The number of likely N-dealkylation sites (N-methyl/N-ethyl adjacent to an activating group) is 1. The van der Waals surface area contributed by atoms with E-state index in [0.29, 0.717) is 19.0 Å². The number of rotatable bonds is 7. The molecular weight excluding hydrogens is 242 g/mol. The number of nitrogens with one attached hydrogen (secondary N) is 2. The van der Waals surface area contributed by atoms with Crippen LogP contribution in [-0.2, 0) is 9.59 Å². The van der Waals surface area contributed by atoms with Crippen LogP contribution in [0.3, 0.4) is 0 Å². The van der Waals surface area contributed by atoms with Crippen LogP contribution in [0.5, 0.6) is 0 Å². The number of hydrogen-bond acceptors (Lipinski definition) is 3. The highest BCUT2D eigenvalue weighted by Crippen LogP contribution is 2.12. The molecule has 0 saturated carbocycles. The van der Waals surface area contributed by atoms with Gasteiger partial charge in [-0.3, -0.25) is 9.59 Å². The Morgan fingerprint density at radius 1 is 1.37 bits per heavy atom. The predicted octanol–water partition coefficient (Wildman–Crippen LogP) is 0.893. The van der Waals surface area contributed by atoms with Gasteiger partial charge in [0.2, 0.25) is 11.8 Å². The highest BCUT2D eigenvalue weighted by molar-refractivity contribution is 5.84. The first-order chi connectivity index (χ1) is 9.17. The fraction of sp³-hybridized carbons (Fsp3) is 0.857. The molecule has 0 aliphatic carbocycles. The molecule has 0 spiro atoms. The van der Waals surface area contributed by atoms with Crippen molar-refractivity contribution in [3.8, 4) is 0 Å². The van der Waals surface area contributed by atoms with Crippen LogP contribution in [0.25, 0.3) is 0 Å². The molecule has 1 aliphatic rings. The second-order valence-electron chi connectivity index (χ2n) is 5.17. The van der Waals surface area contributed by atoms with E-state index in [2.05, 4.69) is 10.6 Å². The molecule has 0 aromatic heterocycles. The van der Waals surface area contributed by atoms with E-state index in [4.69, 9.17) is 0 Å². The topological polar surface area (TPSA) is 61.4 Å². The van der Waals surface area contributed by atoms with E-state index >= 15 is 0 Å². The van der Waals surface area contributed by atoms with Crippen molar-refractivity contribution in [2.75, 3.05) is 26.7 Å². The highest BCUT2D eigenvalue weighted by atomic mass is 16.2. The summed E-state index contributed by atoms with van der Waals surface area (Å²) in [5, 5.41) is 6.02. The standard InChI is InChI=1S/C14H27N3O2/c1-3-10-17(11-13(18)15-2)14(19)8-7-12-6-4-5-9-16-12/h12,16H,3-11H2,1-2H3,(H,15,18). The SMILES string of the molecule is CCCN(CC(=O)NC)C(=O)CCC1CCCCN1. The summed E-state index contributed by atoms with van der Waals surface area (Å²) in [4.78, 5) is 25.2. The lowest BCUT2D eigenvalue weighted by Gasteiger charge is -2.25. The third-order valence-electron chi connectivity index (χ3n) is 3.58. The molecule has 5 nitrogen and oxygen atoms in total. The number of nitrogens with zero attached hydrogens (tertiary/aromatic N) is 1. The average Bonchev–Trinajstić information content (AvgIpc) is 2.45. The lowest BCUT2D eigenvalue weighted by molar-refractivity contribution is -0.136. The fourth-order valence-electron chi connectivity index (χ4n) is 2.44. The third kappa shape index (κ3) is 6.05. The normalized spacial score (nSPS) is 18.9. The lowest BCUT2D eigenvalue weighted by atomic mass is 10.0. The van der Waals surface area contributed by atoms with Crippen molar-refractivity contribution in [1.29, 1.82) is 0 Å². The van der Waals surface area contributed by atoms with Crippen LogP contribution in [0.1, 0.15) is 45.4 Å². The Balaban J connectivity index is 2.35. The summed E-state index contributed by atoms with van der Waals surface area (Å²) in [5.41, 5.74) is 0. The van der Waals surface area contributed by atoms with Gasteiger partial charge in [0.15, 0.2) is 0 Å². The van der Waals surface area contributed by atoms with Crippen molar-refractivity contribution < 1.29 is 9.59 Å². The fourth-order valence-corrected chi connectivity index (χ4v) is 2.44. The Hall–Kier alpha value is -1.10. The van der Waals surface area contributed by atoms with E-state index in [1.54, 1.807) is 11.9 Å². The van der Waals surface area contributed by atoms with Gasteiger partial charge < -0.3 is 15.5 Å². The van der Waals surface area contributed by atoms with Gasteiger partial charge in [0.05, 0.1) is 6.54 Å². The molecule has 5 heteroatoms. The minimum Gasteiger partial charge on any atom is -0.358 e. The quantitative estimate of drug-likeness (QED) is 0.721. The third-order valence-corrected chi connectivity index (χ3v) is 3.58. The Morgan fingerprint density at radius 2 is 2.16 bits per heavy atom. The summed E-state index contributed by atoms with van der Waals surface area (Å²) < 4.78 is 0. The minimum absolute atomic E-state index is 0.0952. The molecule has 1 aliphatic heterocycles. The molecule has 1 fully saturated rings. The first kappa shape index (κ1) is 16.0. The number of hydrogen-bond donors (Lipinski definition) is 2. The zero-order chi connectivity index (χ0) is 14.1. The number of piperidine rings is 1. The Labute approximate surface area is 116 Å². The monoisotopic (exact) mass is 269 g/mol. The molecule has 1 saturated heterocycles. The first-order valence-corrected chi connectivity index (χ1v) is 7.39. The summed E-state index contributed by atoms with van der Waals surface area (Å²) in [7, 11) is 1.60. The van der Waals surface area contributed by atoms with Gasteiger partial charge in [0, 0.05) is 26.1 Å². The van der Waals surface area contributed by atoms with E-state index < -0.39 is 0 Å². The molecule has 1 heterocycles. The molecule has 0 radical (unpaired) electrons. The van der Waals surface area contributed by atoms with E-state index in [0.717, 1.165) is 25.8 Å². The summed E-state index contributed by atoms with van der Waals surface area (Å²) in [6, 6.07) is 0.473. The van der Waals surface area contributed by atoms with Gasteiger partial charge in [-0.15, -0.1) is 0 Å². The maximum Gasteiger partial charge on any atom is 0.239 e. The average molecular weight is 269 g/mol. The molecule has 2 amide bonds. The molecule has 0 aromatic carbocycles. The van der Waals surface area contributed by atoms with E-state index in [1.807, 2.05) is 6.92 Å². The smallest absolute Gasteiger partial charge is 0.239 e. The Kier molecular flexibility index (Phi) is 7.48. The summed E-state index contributed by atoms with van der Waals surface area (Å²) >= 11 is 0. The van der Waals surface area contributed by atoms with Gasteiger partial charge in [0.1, 0.15) is 0 Å². The van der Waals surface area contributed by atoms with Gasteiger partial charge in [0.25, 0.3) is 0 Å². The molecule has 19 heavy (non-hydrogen) atoms.